The minimum atomic E-state index is -4.32. The molecule has 0 unspecified atom stereocenters. The molecule has 0 radical (unpaired) electrons. The molecule has 0 atom stereocenters. The maximum absolute atomic E-state index is 11.9. The van der Waals surface area contributed by atoms with Crippen molar-refractivity contribution < 1.29 is 22.5 Å². The van der Waals surface area contributed by atoms with Crippen LogP contribution in [0.5, 0.6) is 0 Å². The van der Waals surface area contributed by atoms with Gasteiger partial charge in [0.2, 0.25) is 5.91 Å². The number of amides is 1. The molecule has 0 aliphatic rings. The van der Waals surface area contributed by atoms with Gasteiger partial charge in [-0.3, -0.25) is 4.79 Å². The van der Waals surface area contributed by atoms with E-state index in [1.807, 2.05) is 0 Å². The Hall–Kier alpha value is -1.57. The number of nitrogens with zero attached hydrogens (tertiary/aromatic N) is 2. The summed E-state index contributed by atoms with van der Waals surface area (Å²) in [6.45, 7) is 2.17. The highest BCUT2D eigenvalue weighted by molar-refractivity contribution is 5.78. The van der Waals surface area contributed by atoms with Gasteiger partial charge in [-0.05, 0) is 13.8 Å². The van der Waals surface area contributed by atoms with Crippen molar-refractivity contribution in [3.63, 3.8) is 0 Å². The first-order valence-corrected chi connectivity index (χ1v) is 5.64. The quantitative estimate of drug-likeness (QED) is 0.885. The van der Waals surface area contributed by atoms with E-state index in [-0.39, 0.29) is 13.1 Å². The SMILES string of the molecule is Cc1noc(C)c1CN(C)C(=O)CNCC(F)(F)F. The predicted molar refractivity (Wildman–Crippen MR) is 61.4 cm³/mol. The van der Waals surface area contributed by atoms with Gasteiger partial charge in [-0.2, -0.15) is 13.2 Å². The summed E-state index contributed by atoms with van der Waals surface area (Å²) in [5.74, 6) is 0.171. The fraction of sp³-hybridized carbons (Fsp3) is 0.636. The Bertz CT molecular complexity index is 423. The van der Waals surface area contributed by atoms with Gasteiger partial charge < -0.3 is 14.7 Å². The van der Waals surface area contributed by atoms with Gasteiger partial charge in [0, 0.05) is 12.6 Å². The smallest absolute Gasteiger partial charge is 0.361 e. The molecule has 1 aromatic heterocycles. The number of rotatable bonds is 5. The third-order valence-corrected chi connectivity index (χ3v) is 2.60. The number of aryl methyl sites for hydroxylation is 2. The number of aromatic nitrogens is 1. The first-order valence-electron chi connectivity index (χ1n) is 5.64. The number of carbonyl (C=O) groups is 1. The van der Waals surface area contributed by atoms with E-state index in [4.69, 9.17) is 4.52 Å². The molecule has 8 heteroatoms. The minimum Gasteiger partial charge on any atom is -0.361 e. The maximum Gasteiger partial charge on any atom is 0.401 e. The van der Waals surface area contributed by atoms with Crippen LogP contribution >= 0.6 is 0 Å². The van der Waals surface area contributed by atoms with E-state index in [1.165, 1.54) is 11.9 Å². The number of hydrogen-bond acceptors (Lipinski definition) is 4. The maximum atomic E-state index is 11.9. The van der Waals surface area contributed by atoms with Gasteiger partial charge in [0.25, 0.3) is 0 Å². The minimum absolute atomic E-state index is 0.258. The third kappa shape index (κ3) is 4.90. The van der Waals surface area contributed by atoms with E-state index in [0.717, 1.165) is 5.56 Å². The molecular formula is C11H16F3N3O2. The van der Waals surface area contributed by atoms with Crippen LogP contribution < -0.4 is 5.32 Å². The number of likely N-dealkylation sites (N-methyl/N-ethyl adjacent to an activating group) is 1. The number of halogens is 3. The van der Waals surface area contributed by atoms with Gasteiger partial charge in [-0.1, -0.05) is 5.16 Å². The van der Waals surface area contributed by atoms with Crippen molar-refractivity contribution in [3.8, 4) is 0 Å². The van der Waals surface area contributed by atoms with E-state index >= 15 is 0 Å². The summed E-state index contributed by atoms with van der Waals surface area (Å²) < 4.78 is 40.7. The second-order valence-corrected chi connectivity index (χ2v) is 4.27. The Balaban J connectivity index is 2.45. The summed E-state index contributed by atoms with van der Waals surface area (Å²) in [5, 5.41) is 5.81. The molecule has 1 aromatic rings. The van der Waals surface area contributed by atoms with Crippen molar-refractivity contribution >= 4 is 5.91 Å². The molecule has 0 aliphatic carbocycles. The van der Waals surface area contributed by atoms with E-state index in [1.54, 1.807) is 13.8 Å². The van der Waals surface area contributed by atoms with Crippen molar-refractivity contribution in [2.75, 3.05) is 20.1 Å². The zero-order valence-electron chi connectivity index (χ0n) is 11.0. The van der Waals surface area contributed by atoms with E-state index in [2.05, 4.69) is 10.5 Å². The number of nitrogens with one attached hydrogen (secondary N) is 1. The lowest BCUT2D eigenvalue weighted by Crippen LogP contribution is -2.39. The average molecular weight is 279 g/mol. The second kappa shape index (κ2) is 6.05. The van der Waals surface area contributed by atoms with Crippen LogP contribution in [0.2, 0.25) is 0 Å². The van der Waals surface area contributed by atoms with Crippen LogP contribution in [0.1, 0.15) is 17.0 Å². The largest absolute Gasteiger partial charge is 0.401 e. The molecule has 1 amide bonds. The molecule has 0 aliphatic heterocycles. The molecule has 19 heavy (non-hydrogen) atoms. The van der Waals surface area contributed by atoms with Crippen LogP contribution in [-0.2, 0) is 11.3 Å². The topological polar surface area (TPSA) is 58.4 Å². The number of alkyl halides is 3. The van der Waals surface area contributed by atoms with E-state index < -0.39 is 18.6 Å². The number of hydrogen-bond donors (Lipinski definition) is 1. The van der Waals surface area contributed by atoms with Crippen LogP contribution in [0, 0.1) is 13.8 Å². The van der Waals surface area contributed by atoms with Gasteiger partial charge in [-0.15, -0.1) is 0 Å². The monoisotopic (exact) mass is 279 g/mol. The zero-order valence-corrected chi connectivity index (χ0v) is 11.0. The molecule has 0 bridgehead atoms. The lowest BCUT2D eigenvalue weighted by molar-refractivity contribution is -0.133. The summed E-state index contributed by atoms with van der Waals surface area (Å²) in [4.78, 5) is 13.0. The predicted octanol–water partition coefficient (Wildman–Crippen LogP) is 1.40. The van der Waals surface area contributed by atoms with Gasteiger partial charge in [0.1, 0.15) is 5.76 Å². The second-order valence-electron chi connectivity index (χ2n) is 4.27. The normalized spacial score (nSPS) is 11.7. The zero-order chi connectivity index (χ0) is 14.6. The van der Waals surface area contributed by atoms with Crippen molar-refractivity contribution in [1.29, 1.82) is 0 Å². The van der Waals surface area contributed by atoms with Crippen molar-refractivity contribution in [2.45, 2.75) is 26.6 Å². The molecule has 0 fully saturated rings. The van der Waals surface area contributed by atoms with Crippen molar-refractivity contribution in [1.82, 2.24) is 15.4 Å². The van der Waals surface area contributed by atoms with Crippen LogP contribution in [-0.4, -0.2) is 42.3 Å². The molecular weight excluding hydrogens is 263 g/mol. The molecule has 108 valence electrons. The van der Waals surface area contributed by atoms with Crippen molar-refractivity contribution in [3.05, 3.63) is 17.0 Å². The van der Waals surface area contributed by atoms with Crippen LogP contribution in [0.3, 0.4) is 0 Å². The standard InChI is InChI=1S/C11H16F3N3O2/c1-7-9(8(2)19-16-7)5-17(3)10(18)4-15-6-11(12,13)14/h15H,4-6H2,1-3H3. The summed E-state index contributed by atoms with van der Waals surface area (Å²) in [6, 6.07) is 0. The molecule has 0 saturated carbocycles. The first kappa shape index (κ1) is 15.5. The number of carbonyl (C=O) groups excluding carboxylic acids is 1. The Morgan fingerprint density at radius 3 is 2.53 bits per heavy atom. The fourth-order valence-corrected chi connectivity index (χ4v) is 1.50. The van der Waals surface area contributed by atoms with Crippen molar-refractivity contribution in [2.24, 2.45) is 0 Å². The van der Waals surface area contributed by atoms with Gasteiger partial charge in [-0.25, -0.2) is 0 Å². The first-order chi connectivity index (χ1) is 8.70. The third-order valence-electron chi connectivity index (χ3n) is 2.60. The Kier molecular flexibility index (Phi) is 4.93. The van der Waals surface area contributed by atoms with Gasteiger partial charge in [0.05, 0.1) is 25.3 Å². The highest BCUT2D eigenvalue weighted by atomic mass is 19.4. The molecule has 0 saturated heterocycles. The summed E-state index contributed by atoms with van der Waals surface area (Å²) in [7, 11) is 1.52. The molecule has 1 N–H and O–H groups in total. The summed E-state index contributed by atoms with van der Waals surface area (Å²) in [6.07, 6.45) is -4.32. The lowest BCUT2D eigenvalue weighted by Gasteiger charge is -2.17. The molecule has 0 spiro atoms. The summed E-state index contributed by atoms with van der Waals surface area (Å²) >= 11 is 0. The summed E-state index contributed by atoms with van der Waals surface area (Å²) in [5.41, 5.74) is 1.44. The van der Waals surface area contributed by atoms with Crippen LogP contribution in [0.25, 0.3) is 0 Å². The highest BCUT2D eigenvalue weighted by Crippen LogP contribution is 2.14. The van der Waals surface area contributed by atoms with E-state index in [0.29, 0.717) is 11.5 Å². The fourth-order valence-electron chi connectivity index (χ4n) is 1.50. The molecule has 1 rings (SSSR count). The van der Waals surface area contributed by atoms with E-state index in [9.17, 15) is 18.0 Å². The lowest BCUT2D eigenvalue weighted by atomic mass is 10.2. The molecule has 1 heterocycles. The Labute approximate surface area is 108 Å². The van der Waals surface area contributed by atoms with Crippen LogP contribution in [0.4, 0.5) is 13.2 Å². The van der Waals surface area contributed by atoms with Crippen LogP contribution in [0.15, 0.2) is 4.52 Å². The highest BCUT2D eigenvalue weighted by Gasteiger charge is 2.27. The van der Waals surface area contributed by atoms with Gasteiger partial charge in [0.15, 0.2) is 0 Å². The Morgan fingerprint density at radius 1 is 1.42 bits per heavy atom. The molecule has 5 nitrogen and oxygen atoms in total. The average Bonchev–Trinajstić information content (AvgIpc) is 2.58. The Morgan fingerprint density at radius 2 is 2.05 bits per heavy atom. The van der Waals surface area contributed by atoms with Gasteiger partial charge >= 0.3 is 6.18 Å². The molecule has 0 aromatic carbocycles.